The van der Waals surface area contributed by atoms with Crippen molar-refractivity contribution in [3.63, 3.8) is 0 Å². The molecule has 3 aromatic rings. The van der Waals surface area contributed by atoms with Crippen molar-refractivity contribution in [1.29, 1.82) is 0 Å². The lowest BCUT2D eigenvalue weighted by Gasteiger charge is -2.25. The molecule has 0 radical (unpaired) electrons. The van der Waals surface area contributed by atoms with Crippen molar-refractivity contribution in [2.24, 2.45) is 0 Å². The fourth-order valence-corrected chi connectivity index (χ4v) is 4.32. The molecule has 1 aromatic heterocycles. The number of methoxy groups -OCH3 is 2. The number of ether oxygens (including phenoxy) is 2. The highest BCUT2D eigenvalue weighted by atomic mass is 35.5. The number of benzene rings is 2. The monoisotopic (exact) mass is 474 g/mol. The third kappa shape index (κ3) is 4.55. The van der Waals surface area contributed by atoms with Crippen molar-refractivity contribution >= 4 is 34.8 Å². The molecule has 0 atom stereocenters. The molecule has 0 aliphatic carbocycles. The molecule has 1 saturated heterocycles. The van der Waals surface area contributed by atoms with Gasteiger partial charge < -0.3 is 20.1 Å². The number of amides is 1. The molecular weight excluding hydrogens is 451 g/mol. The Labute approximate surface area is 196 Å². The molecule has 168 valence electrons. The van der Waals surface area contributed by atoms with E-state index < -0.39 is 0 Å². The first-order valence-electron chi connectivity index (χ1n) is 10.3. The van der Waals surface area contributed by atoms with E-state index in [1.54, 1.807) is 18.3 Å². The first-order chi connectivity index (χ1) is 15.5. The van der Waals surface area contributed by atoms with Gasteiger partial charge in [-0.3, -0.25) is 4.79 Å². The molecule has 0 unspecified atom stereocenters. The SMILES string of the molecule is COc1cc(OC)c(NC(=O)c2cnn(-c3ccc(Cl)cc3)c2C2CCNCC2)cc1Cl. The number of hydrogen-bond acceptors (Lipinski definition) is 5. The predicted octanol–water partition coefficient (Wildman–Crippen LogP) is 4.92. The average molecular weight is 475 g/mol. The number of piperidine rings is 1. The van der Waals surface area contributed by atoms with E-state index >= 15 is 0 Å². The Kier molecular flexibility index (Phi) is 6.89. The fraction of sp³-hybridized carbons (Fsp3) is 0.304. The smallest absolute Gasteiger partial charge is 0.259 e. The van der Waals surface area contributed by atoms with Gasteiger partial charge in [0.1, 0.15) is 11.5 Å². The van der Waals surface area contributed by atoms with Gasteiger partial charge in [-0.15, -0.1) is 0 Å². The van der Waals surface area contributed by atoms with E-state index in [2.05, 4.69) is 15.7 Å². The Morgan fingerprint density at radius 2 is 1.78 bits per heavy atom. The summed E-state index contributed by atoms with van der Waals surface area (Å²) in [6.45, 7) is 1.78. The van der Waals surface area contributed by atoms with Gasteiger partial charge in [0, 0.05) is 17.0 Å². The van der Waals surface area contributed by atoms with E-state index in [0.29, 0.717) is 32.8 Å². The second-order valence-corrected chi connectivity index (χ2v) is 8.34. The highest BCUT2D eigenvalue weighted by Gasteiger charge is 2.27. The number of nitrogens with one attached hydrogen (secondary N) is 2. The van der Waals surface area contributed by atoms with Crippen LogP contribution in [0.15, 0.2) is 42.6 Å². The van der Waals surface area contributed by atoms with Crippen molar-refractivity contribution < 1.29 is 14.3 Å². The standard InChI is InChI=1S/C23H24Cl2N4O3/c1-31-20-12-21(32-2)19(11-18(20)25)28-23(30)17-13-27-29(16-5-3-15(24)4-6-16)22(17)14-7-9-26-10-8-14/h3-6,11-14,26H,7-10H2,1-2H3,(H,28,30). The number of carbonyl (C=O) groups excluding carboxylic acids is 1. The normalized spacial score (nSPS) is 14.2. The topological polar surface area (TPSA) is 77.4 Å². The minimum absolute atomic E-state index is 0.191. The molecule has 2 aromatic carbocycles. The summed E-state index contributed by atoms with van der Waals surface area (Å²) in [5, 5.41) is 11.9. The Morgan fingerprint density at radius 1 is 1.09 bits per heavy atom. The van der Waals surface area contributed by atoms with Gasteiger partial charge in [-0.2, -0.15) is 5.10 Å². The predicted molar refractivity (Wildman–Crippen MR) is 126 cm³/mol. The van der Waals surface area contributed by atoms with Crippen LogP contribution in [0.25, 0.3) is 5.69 Å². The van der Waals surface area contributed by atoms with Crippen LogP contribution in [0.1, 0.15) is 34.8 Å². The molecule has 7 nitrogen and oxygen atoms in total. The maximum Gasteiger partial charge on any atom is 0.259 e. The van der Waals surface area contributed by atoms with Gasteiger partial charge in [0.15, 0.2) is 0 Å². The number of nitrogens with zero attached hydrogens (tertiary/aromatic N) is 2. The minimum atomic E-state index is -0.279. The first kappa shape index (κ1) is 22.5. The summed E-state index contributed by atoms with van der Waals surface area (Å²) >= 11 is 12.3. The van der Waals surface area contributed by atoms with Crippen molar-refractivity contribution in [3.05, 3.63) is 63.9 Å². The Hall–Kier alpha value is -2.74. The van der Waals surface area contributed by atoms with Crippen LogP contribution in [0, 0.1) is 0 Å². The van der Waals surface area contributed by atoms with E-state index in [0.717, 1.165) is 37.3 Å². The number of hydrogen-bond donors (Lipinski definition) is 2. The second-order valence-electron chi connectivity index (χ2n) is 7.50. The van der Waals surface area contributed by atoms with Gasteiger partial charge in [-0.25, -0.2) is 4.68 Å². The van der Waals surface area contributed by atoms with Gasteiger partial charge in [-0.05, 0) is 56.3 Å². The van der Waals surface area contributed by atoms with Crippen molar-refractivity contribution in [1.82, 2.24) is 15.1 Å². The molecule has 1 amide bonds. The van der Waals surface area contributed by atoms with Crippen molar-refractivity contribution in [2.75, 3.05) is 32.6 Å². The zero-order chi connectivity index (χ0) is 22.7. The van der Waals surface area contributed by atoms with Gasteiger partial charge in [0.05, 0.1) is 48.1 Å². The highest BCUT2D eigenvalue weighted by molar-refractivity contribution is 6.32. The largest absolute Gasteiger partial charge is 0.495 e. The van der Waals surface area contributed by atoms with Gasteiger partial charge in [0.25, 0.3) is 5.91 Å². The van der Waals surface area contributed by atoms with Crippen molar-refractivity contribution in [3.8, 4) is 17.2 Å². The zero-order valence-electron chi connectivity index (χ0n) is 17.8. The van der Waals surface area contributed by atoms with Crippen LogP contribution >= 0.6 is 23.2 Å². The van der Waals surface area contributed by atoms with E-state index in [1.807, 2.05) is 28.9 Å². The van der Waals surface area contributed by atoms with E-state index in [9.17, 15) is 4.79 Å². The molecule has 4 rings (SSSR count). The summed E-state index contributed by atoms with van der Waals surface area (Å²) in [5.74, 6) is 0.829. The van der Waals surface area contributed by atoms with Gasteiger partial charge in [0.2, 0.25) is 0 Å². The third-order valence-electron chi connectivity index (χ3n) is 5.57. The second kappa shape index (κ2) is 9.81. The molecule has 1 aliphatic rings. The maximum atomic E-state index is 13.4. The third-order valence-corrected chi connectivity index (χ3v) is 6.12. The Balaban J connectivity index is 1.72. The van der Waals surface area contributed by atoms with E-state index in [1.165, 1.54) is 14.2 Å². The molecule has 0 spiro atoms. The summed E-state index contributed by atoms with van der Waals surface area (Å²) in [6, 6.07) is 10.7. The van der Waals surface area contributed by atoms with Crippen LogP contribution in [0.4, 0.5) is 5.69 Å². The fourth-order valence-electron chi connectivity index (χ4n) is 3.96. The minimum Gasteiger partial charge on any atom is -0.495 e. The summed E-state index contributed by atoms with van der Waals surface area (Å²) < 4.78 is 12.5. The summed E-state index contributed by atoms with van der Waals surface area (Å²) in [5.41, 5.74) is 2.71. The zero-order valence-corrected chi connectivity index (χ0v) is 19.3. The molecule has 2 heterocycles. The molecule has 0 saturated carbocycles. The lowest BCUT2D eigenvalue weighted by atomic mass is 9.91. The number of halogens is 2. The first-order valence-corrected chi connectivity index (χ1v) is 11.0. The van der Waals surface area contributed by atoms with Crippen LogP contribution in [-0.4, -0.2) is 43.0 Å². The Bertz CT molecular complexity index is 1110. The van der Waals surface area contributed by atoms with Crippen molar-refractivity contribution in [2.45, 2.75) is 18.8 Å². The summed E-state index contributed by atoms with van der Waals surface area (Å²) in [4.78, 5) is 13.4. The summed E-state index contributed by atoms with van der Waals surface area (Å²) in [6.07, 6.45) is 3.44. The van der Waals surface area contributed by atoms with E-state index in [4.69, 9.17) is 32.7 Å². The average Bonchev–Trinajstić information content (AvgIpc) is 3.26. The van der Waals surface area contributed by atoms with Crippen LogP contribution in [-0.2, 0) is 0 Å². The lowest BCUT2D eigenvalue weighted by Crippen LogP contribution is -2.29. The maximum absolute atomic E-state index is 13.4. The number of aromatic nitrogens is 2. The van der Waals surface area contributed by atoms with Crippen LogP contribution in [0.2, 0.25) is 10.0 Å². The molecule has 1 aliphatic heterocycles. The molecular formula is C23H24Cl2N4O3. The van der Waals surface area contributed by atoms with Gasteiger partial charge in [-0.1, -0.05) is 23.2 Å². The molecule has 32 heavy (non-hydrogen) atoms. The lowest BCUT2D eigenvalue weighted by molar-refractivity contribution is 0.102. The molecule has 1 fully saturated rings. The number of carbonyl (C=O) groups is 1. The van der Waals surface area contributed by atoms with E-state index in [-0.39, 0.29) is 11.8 Å². The van der Waals surface area contributed by atoms with Crippen LogP contribution in [0.3, 0.4) is 0 Å². The van der Waals surface area contributed by atoms with Crippen LogP contribution < -0.4 is 20.1 Å². The molecule has 0 bridgehead atoms. The van der Waals surface area contributed by atoms with Gasteiger partial charge >= 0.3 is 0 Å². The number of anilines is 1. The quantitative estimate of drug-likeness (QED) is 0.530. The highest BCUT2D eigenvalue weighted by Crippen LogP contribution is 2.37. The Morgan fingerprint density at radius 3 is 2.44 bits per heavy atom. The number of rotatable bonds is 6. The van der Waals surface area contributed by atoms with Crippen LogP contribution in [0.5, 0.6) is 11.5 Å². The molecule has 9 heteroatoms. The summed E-state index contributed by atoms with van der Waals surface area (Å²) in [7, 11) is 3.05. The molecule has 2 N–H and O–H groups in total.